The lowest BCUT2D eigenvalue weighted by Crippen LogP contribution is -2.35. The molecule has 0 saturated carbocycles. The summed E-state index contributed by atoms with van der Waals surface area (Å²) in [7, 11) is 1.43. The van der Waals surface area contributed by atoms with Crippen LogP contribution in [0.25, 0.3) is 0 Å². The molecule has 0 radical (unpaired) electrons. The summed E-state index contributed by atoms with van der Waals surface area (Å²) in [6.07, 6.45) is 0.577. The number of fused-ring (bicyclic) bond motifs is 1. The molecule has 4 heteroatoms. The number of carbonyl (C=O) groups excluding carboxylic acids is 1. The minimum Gasteiger partial charge on any atom is -0.469 e. The topological polar surface area (TPSA) is 48.1 Å². The minimum atomic E-state index is -0.318. The first-order valence-electron chi connectivity index (χ1n) is 7.61. The van der Waals surface area contributed by atoms with E-state index in [2.05, 4.69) is 19.1 Å². The second-order valence-electron chi connectivity index (χ2n) is 5.89. The van der Waals surface area contributed by atoms with Crippen molar-refractivity contribution in [2.45, 2.75) is 44.7 Å². The van der Waals surface area contributed by atoms with Gasteiger partial charge < -0.3 is 14.2 Å². The Kier molecular flexibility index (Phi) is 4.00. The molecule has 0 spiro atoms. The highest BCUT2D eigenvalue weighted by Gasteiger charge is 2.58. The molecular weight excluding hydrogens is 268 g/mol. The largest absolute Gasteiger partial charge is 0.469 e. The van der Waals surface area contributed by atoms with E-state index in [1.807, 2.05) is 25.1 Å². The molecule has 2 aliphatic rings. The highest BCUT2D eigenvalue weighted by atomic mass is 16.6. The van der Waals surface area contributed by atoms with Gasteiger partial charge in [0, 0.05) is 5.92 Å². The molecule has 3 rings (SSSR count). The van der Waals surface area contributed by atoms with Crippen LogP contribution in [0.3, 0.4) is 0 Å². The van der Waals surface area contributed by atoms with E-state index in [9.17, 15) is 4.79 Å². The standard InChI is InChI=1S/C17H22O4/c1-4-12-13(17(18)19-3)16-15(21-16)10(2)14(20-12)11-8-6-5-7-9-11/h5-10,12-16H,4H2,1-3H3/t10-,12+,13+,14?,15+,16+/m0/s1. The van der Waals surface area contributed by atoms with Crippen LogP contribution in [0.4, 0.5) is 0 Å². The molecule has 21 heavy (non-hydrogen) atoms. The lowest BCUT2D eigenvalue weighted by Gasteiger charge is -2.28. The zero-order valence-corrected chi connectivity index (χ0v) is 12.7. The maximum Gasteiger partial charge on any atom is 0.314 e. The molecule has 1 unspecified atom stereocenters. The van der Waals surface area contributed by atoms with Crippen molar-refractivity contribution in [3.63, 3.8) is 0 Å². The van der Waals surface area contributed by atoms with Crippen LogP contribution in [0.1, 0.15) is 31.9 Å². The molecule has 2 fully saturated rings. The van der Waals surface area contributed by atoms with Crippen molar-refractivity contribution >= 4 is 5.97 Å². The molecule has 2 saturated heterocycles. The average molecular weight is 290 g/mol. The van der Waals surface area contributed by atoms with Gasteiger partial charge in [-0.05, 0) is 12.0 Å². The Morgan fingerprint density at radius 3 is 2.52 bits per heavy atom. The van der Waals surface area contributed by atoms with Crippen LogP contribution in [-0.2, 0) is 19.0 Å². The molecule has 0 amide bonds. The third kappa shape index (κ3) is 2.58. The van der Waals surface area contributed by atoms with Gasteiger partial charge >= 0.3 is 5.97 Å². The number of carbonyl (C=O) groups is 1. The number of methoxy groups -OCH3 is 1. The van der Waals surface area contributed by atoms with E-state index in [1.165, 1.54) is 7.11 Å². The summed E-state index contributed by atoms with van der Waals surface area (Å²) < 4.78 is 17.1. The number of epoxide rings is 1. The van der Waals surface area contributed by atoms with Crippen molar-refractivity contribution in [1.82, 2.24) is 0 Å². The summed E-state index contributed by atoms with van der Waals surface area (Å²) in [5, 5.41) is 0. The van der Waals surface area contributed by atoms with E-state index in [0.717, 1.165) is 12.0 Å². The molecule has 0 bridgehead atoms. The van der Waals surface area contributed by atoms with Crippen LogP contribution < -0.4 is 0 Å². The first kappa shape index (κ1) is 14.5. The van der Waals surface area contributed by atoms with E-state index in [-0.39, 0.29) is 42.2 Å². The fraction of sp³-hybridized carbons (Fsp3) is 0.588. The van der Waals surface area contributed by atoms with E-state index in [1.54, 1.807) is 0 Å². The van der Waals surface area contributed by atoms with E-state index < -0.39 is 0 Å². The Bertz CT molecular complexity index is 501. The Morgan fingerprint density at radius 1 is 1.19 bits per heavy atom. The number of rotatable bonds is 3. The molecule has 6 atom stereocenters. The predicted molar refractivity (Wildman–Crippen MR) is 77.7 cm³/mol. The van der Waals surface area contributed by atoms with Crippen LogP contribution in [0, 0.1) is 11.8 Å². The molecular formula is C17H22O4. The maximum absolute atomic E-state index is 12.1. The smallest absolute Gasteiger partial charge is 0.314 e. The average Bonchev–Trinajstić information content (AvgIpc) is 3.31. The van der Waals surface area contributed by atoms with Crippen LogP contribution >= 0.6 is 0 Å². The maximum atomic E-state index is 12.1. The van der Waals surface area contributed by atoms with Gasteiger partial charge in [-0.3, -0.25) is 4.79 Å². The Balaban J connectivity index is 1.90. The number of esters is 1. The fourth-order valence-electron chi connectivity index (χ4n) is 3.43. The summed E-state index contributed by atoms with van der Waals surface area (Å²) in [5.41, 5.74) is 1.14. The summed E-state index contributed by atoms with van der Waals surface area (Å²) in [5.74, 6) is -0.322. The van der Waals surface area contributed by atoms with Crippen molar-refractivity contribution in [2.24, 2.45) is 11.8 Å². The van der Waals surface area contributed by atoms with Crippen molar-refractivity contribution in [3.05, 3.63) is 35.9 Å². The predicted octanol–water partition coefficient (Wildman–Crippen LogP) is 2.73. The highest BCUT2D eigenvalue weighted by molar-refractivity contribution is 5.74. The molecule has 4 nitrogen and oxygen atoms in total. The number of hydrogen-bond acceptors (Lipinski definition) is 4. The van der Waals surface area contributed by atoms with Crippen molar-refractivity contribution in [2.75, 3.05) is 7.11 Å². The van der Waals surface area contributed by atoms with Gasteiger partial charge in [0.2, 0.25) is 0 Å². The second-order valence-corrected chi connectivity index (χ2v) is 5.89. The molecule has 0 aromatic heterocycles. The summed E-state index contributed by atoms with van der Waals surface area (Å²) in [6.45, 7) is 4.17. The third-order valence-electron chi connectivity index (χ3n) is 4.64. The van der Waals surface area contributed by atoms with Gasteiger partial charge in [0.1, 0.15) is 12.0 Å². The Morgan fingerprint density at radius 2 is 1.90 bits per heavy atom. The van der Waals surface area contributed by atoms with Crippen molar-refractivity contribution in [1.29, 1.82) is 0 Å². The zero-order chi connectivity index (χ0) is 15.0. The normalized spacial score (nSPS) is 38.2. The number of benzene rings is 1. The quantitative estimate of drug-likeness (QED) is 0.634. The third-order valence-corrected chi connectivity index (χ3v) is 4.64. The summed E-state index contributed by atoms with van der Waals surface area (Å²) >= 11 is 0. The fourth-order valence-corrected chi connectivity index (χ4v) is 3.43. The molecule has 1 aromatic rings. The number of hydrogen-bond donors (Lipinski definition) is 0. The Labute approximate surface area is 125 Å². The van der Waals surface area contributed by atoms with Crippen LogP contribution in [-0.4, -0.2) is 31.4 Å². The first-order valence-corrected chi connectivity index (χ1v) is 7.61. The first-order chi connectivity index (χ1) is 10.2. The second kappa shape index (κ2) is 5.78. The highest BCUT2D eigenvalue weighted by Crippen LogP contribution is 2.48. The summed E-state index contributed by atoms with van der Waals surface area (Å²) in [6, 6.07) is 10.2. The summed E-state index contributed by atoms with van der Waals surface area (Å²) in [4.78, 5) is 12.1. The number of ether oxygens (including phenoxy) is 3. The van der Waals surface area contributed by atoms with E-state index in [4.69, 9.17) is 14.2 Å². The van der Waals surface area contributed by atoms with Crippen LogP contribution in [0.15, 0.2) is 30.3 Å². The van der Waals surface area contributed by atoms with Gasteiger partial charge in [-0.15, -0.1) is 0 Å². The lowest BCUT2D eigenvalue weighted by molar-refractivity contribution is -0.156. The van der Waals surface area contributed by atoms with Crippen LogP contribution in [0.2, 0.25) is 0 Å². The van der Waals surface area contributed by atoms with Crippen LogP contribution in [0.5, 0.6) is 0 Å². The van der Waals surface area contributed by atoms with Gasteiger partial charge in [0.25, 0.3) is 0 Å². The molecule has 1 aromatic carbocycles. The molecule has 2 heterocycles. The van der Waals surface area contributed by atoms with Gasteiger partial charge in [0.05, 0.1) is 25.4 Å². The molecule has 2 aliphatic heterocycles. The van der Waals surface area contributed by atoms with Crippen molar-refractivity contribution in [3.8, 4) is 0 Å². The van der Waals surface area contributed by atoms with Gasteiger partial charge in [-0.2, -0.15) is 0 Å². The Hall–Kier alpha value is -1.39. The molecule has 0 aliphatic carbocycles. The molecule has 0 N–H and O–H groups in total. The SMILES string of the molecule is CC[C@H]1OC(c2ccccc2)[C@H](C)[C@H]2O[C@@H]2[C@@H]1C(=O)OC. The van der Waals surface area contributed by atoms with Gasteiger partial charge in [0.15, 0.2) is 0 Å². The van der Waals surface area contributed by atoms with Crippen molar-refractivity contribution < 1.29 is 19.0 Å². The molecule has 114 valence electrons. The van der Waals surface area contributed by atoms with Gasteiger partial charge in [-0.1, -0.05) is 44.2 Å². The zero-order valence-electron chi connectivity index (χ0n) is 12.7. The monoisotopic (exact) mass is 290 g/mol. The minimum absolute atomic E-state index is 0.0409. The lowest BCUT2D eigenvalue weighted by atomic mass is 9.90. The van der Waals surface area contributed by atoms with Gasteiger partial charge in [-0.25, -0.2) is 0 Å². The van der Waals surface area contributed by atoms with E-state index >= 15 is 0 Å². The van der Waals surface area contributed by atoms with E-state index in [0.29, 0.717) is 0 Å².